The summed E-state index contributed by atoms with van der Waals surface area (Å²) < 4.78 is 3.59. The average Bonchev–Trinajstić information content (AvgIpc) is 2.88. The number of fused-ring (bicyclic) bond motifs is 1. The summed E-state index contributed by atoms with van der Waals surface area (Å²) >= 11 is 0. The Hall–Kier alpha value is -2.44. The molecule has 3 heterocycles. The number of anilines is 2. The van der Waals surface area contributed by atoms with Gasteiger partial charge in [0.15, 0.2) is 11.6 Å². The minimum Gasteiger partial charge on any atom is -0.320 e. The predicted molar refractivity (Wildman–Crippen MR) is 62.0 cm³/mol. The molecular formula is C10H11N7. The van der Waals surface area contributed by atoms with Crippen LogP contribution in [0.25, 0.3) is 5.65 Å². The lowest BCUT2D eigenvalue weighted by Crippen LogP contribution is -1.99. The summed E-state index contributed by atoms with van der Waals surface area (Å²) in [6.07, 6.45) is 5.39. The molecule has 0 bridgehead atoms. The Morgan fingerprint density at radius 3 is 2.88 bits per heavy atom. The van der Waals surface area contributed by atoms with E-state index in [-0.39, 0.29) is 0 Å². The van der Waals surface area contributed by atoms with E-state index in [1.165, 1.54) is 0 Å². The van der Waals surface area contributed by atoms with E-state index >= 15 is 0 Å². The molecule has 86 valence electrons. The second-order valence-corrected chi connectivity index (χ2v) is 3.72. The van der Waals surface area contributed by atoms with E-state index in [2.05, 4.69) is 25.6 Å². The third kappa shape index (κ3) is 1.61. The van der Waals surface area contributed by atoms with Gasteiger partial charge in [-0.1, -0.05) is 0 Å². The molecule has 1 N–H and O–H groups in total. The molecule has 3 rings (SSSR count). The van der Waals surface area contributed by atoms with Crippen LogP contribution in [0.4, 0.5) is 11.6 Å². The first-order chi connectivity index (χ1) is 8.24. The van der Waals surface area contributed by atoms with Gasteiger partial charge in [-0.2, -0.15) is 5.10 Å². The first kappa shape index (κ1) is 9.76. The Balaban J connectivity index is 2.05. The molecule has 0 spiro atoms. The van der Waals surface area contributed by atoms with Gasteiger partial charge in [-0.15, -0.1) is 10.2 Å². The van der Waals surface area contributed by atoms with E-state index in [1.807, 2.05) is 36.8 Å². The van der Waals surface area contributed by atoms with Gasteiger partial charge in [-0.3, -0.25) is 9.08 Å². The highest BCUT2D eigenvalue weighted by Gasteiger charge is 2.08. The lowest BCUT2D eigenvalue weighted by atomic mass is 10.5. The van der Waals surface area contributed by atoms with Crippen LogP contribution >= 0.6 is 0 Å². The van der Waals surface area contributed by atoms with Crippen LogP contribution in [-0.2, 0) is 7.05 Å². The molecule has 7 heteroatoms. The van der Waals surface area contributed by atoms with E-state index in [1.54, 1.807) is 10.9 Å². The van der Waals surface area contributed by atoms with Crippen LogP contribution in [0.15, 0.2) is 24.7 Å². The van der Waals surface area contributed by atoms with E-state index in [0.29, 0.717) is 11.5 Å². The van der Waals surface area contributed by atoms with Crippen LogP contribution < -0.4 is 5.32 Å². The molecule has 17 heavy (non-hydrogen) atoms. The van der Waals surface area contributed by atoms with Gasteiger partial charge in [0.2, 0.25) is 5.65 Å². The SMILES string of the molecule is Cc1nnc2c(Nc3ccn(C)n3)nccn12. The molecule has 0 aliphatic carbocycles. The van der Waals surface area contributed by atoms with E-state index in [0.717, 1.165) is 11.6 Å². The number of nitrogens with zero attached hydrogens (tertiary/aromatic N) is 6. The van der Waals surface area contributed by atoms with Crippen molar-refractivity contribution >= 4 is 17.3 Å². The zero-order chi connectivity index (χ0) is 11.8. The molecule has 0 fully saturated rings. The quantitative estimate of drug-likeness (QED) is 0.707. The molecule has 7 nitrogen and oxygen atoms in total. The average molecular weight is 229 g/mol. The number of nitrogens with one attached hydrogen (secondary N) is 1. The molecule has 0 saturated carbocycles. The summed E-state index contributed by atoms with van der Waals surface area (Å²) in [6.45, 7) is 1.89. The first-order valence-electron chi connectivity index (χ1n) is 5.17. The summed E-state index contributed by atoms with van der Waals surface area (Å²) in [6, 6.07) is 1.87. The van der Waals surface area contributed by atoms with Crippen LogP contribution in [0.1, 0.15) is 5.82 Å². The third-order valence-electron chi connectivity index (χ3n) is 2.46. The zero-order valence-electron chi connectivity index (χ0n) is 9.49. The van der Waals surface area contributed by atoms with Gasteiger partial charge in [0.05, 0.1) is 0 Å². The van der Waals surface area contributed by atoms with Crippen LogP contribution in [0.5, 0.6) is 0 Å². The van der Waals surface area contributed by atoms with Crippen LogP contribution in [0, 0.1) is 6.92 Å². The van der Waals surface area contributed by atoms with Gasteiger partial charge in [0.1, 0.15) is 5.82 Å². The highest BCUT2D eigenvalue weighted by atomic mass is 15.3. The van der Waals surface area contributed by atoms with E-state index < -0.39 is 0 Å². The predicted octanol–water partition coefficient (Wildman–Crippen LogP) is 0.910. The Morgan fingerprint density at radius 2 is 2.12 bits per heavy atom. The molecular weight excluding hydrogens is 218 g/mol. The Kier molecular flexibility index (Phi) is 2.04. The highest BCUT2D eigenvalue weighted by molar-refractivity contribution is 5.67. The zero-order valence-corrected chi connectivity index (χ0v) is 9.49. The van der Waals surface area contributed by atoms with Crippen molar-refractivity contribution in [2.75, 3.05) is 5.32 Å². The number of aryl methyl sites for hydroxylation is 2. The van der Waals surface area contributed by atoms with Gasteiger partial charge < -0.3 is 5.32 Å². The van der Waals surface area contributed by atoms with Gasteiger partial charge in [-0.25, -0.2) is 4.98 Å². The molecule has 3 aromatic heterocycles. The monoisotopic (exact) mass is 229 g/mol. The van der Waals surface area contributed by atoms with Crippen molar-refractivity contribution in [3.8, 4) is 0 Å². The van der Waals surface area contributed by atoms with Crippen molar-refractivity contribution in [2.24, 2.45) is 7.05 Å². The lowest BCUT2D eigenvalue weighted by molar-refractivity contribution is 0.771. The highest BCUT2D eigenvalue weighted by Crippen LogP contribution is 2.16. The molecule has 0 radical (unpaired) electrons. The second kappa shape index (κ2) is 3.55. The standard InChI is InChI=1S/C10H11N7/c1-7-13-14-10-9(11-4-6-17(7)10)12-8-3-5-16(2)15-8/h3-6H,1-2H3,(H,11,12,15). The van der Waals surface area contributed by atoms with Crippen molar-refractivity contribution in [1.29, 1.82) is 0 Å². The molecule has 0 saturated heterocycles. The molecule has 0 atom stereocenters. The van der Waals surface area contributed by atoms with Crippen molar-refractivity contribution in [2.45, 2.75) is 6.92 Å². The van der Waals surface area contributed by atoms with Crippen molar-refractivity contribution in [3.05, 3.63) is 30.5 Å². The fourth-order valence-electron chi connectivity index (χ4n) is 1.63. The molecule has 0 amide bonds. The van der Waals surface area contributed by atoms with E-state index in [9.17, 15) is 0 Å². The maximum atomic E-state index is 4.24. The van der Waals surface area contributed by atoms with Gasteiger partial charge in [0.25, 0.3) is 0 Å². The topological polar surface area (TPSA) is 72.9 Å². The molecule has 0 unspecified atom stereocenters. The van der Waals surface area contributed by atoms with Crippen molar-refractivity contribution < 1.29 is 0 Å². The summed E-state index contributed by atoms with van der Waals surface area (Å²) in [5.41, 5.74) is 0.690. The van der Waals surface area contributed by atoms with Crippen molar-refractivity contribution in [3.63, 3.8) is 0 Å². The summed E-state index contributed by atoms with van der Waals surface area (Å²) in [7, 11) is 1.86. The molecule has 3 aromatic rings. The maximum Gasteiger partial charge on any atom is 0.204 e. The third-order valence-corrected chi connectivity index (χ3v) is 2.46. The largest absolute Gasteiger partial charge is 0.320 e. The second-order valence-electron chi connectivity index (χ2n) is 3.72. The first-order valence-corrected chi connectivity index (χ1v) is 5.17. The number of aromatic nitrogens is 6. The summed E-state index contributed by atoms with van der Waals surface area (Å²) in [4.78, 5) is 4.24. The van der Waals surface area contributed by atoms with Gasteiger partial charge >= 0.3 is 0 Å². The number of hydrogen-bond acceptors (Lipinski definition) is 5. The Morgan fingerprint density at radius 1 is 1.24 bits per heavy atom. The lowest BCUT2D eigenvalue weighted by Gasteiger charge is -2.02. The normalized spacial score (nSPS) is 10.9. The molecule has 0 aromatic carbocycles. The van der Waals surface area contributed by atoms with Crippen molar-refractivity contribution in [1.82, 2.24) is 29.4 Å². The minimum absolute atomic E-state index is 0.645. The van der Waals surface area contributed by atoms with E-state index in [4.69, 9.17) is 0 Å². The maximum absolute atomic E-state index is 4.24. The molecule has 0 aliphatic heterocycles. The molecule has 0 aliphatic rings. The van der Waals surface area contributed by atoms with Crippen LogP contribution in [-0.4, -0.2) is 29.4 Å². The van der Waals surface area contributed by atoms with Gasteiger partial charge in [0, 0.05) is 31.7 Å². The fraction of sp³-hybridized carbons (Fsp3) is 0.200. The Labute approximate surface area is 97.1 Å². The van der Waals surface area contributed by atoms with Crippen LogP contribution in [0.2, 0.25) is 0 Å². The summed E-state index contributed by atoms with van der Waals surface area (Å²) in [5, 5.41) is 15.4. The summed E-state index contributed by atoms with van der Waals surface area (Å²) in [5.74, 6) is 2.20. The fourth-order valence-corrected chi connectivity index (χ4v) is 1.63. The van der Waals surface area contributed by atoms with Crippen LogP contribution in [0.3, 0.4) is 0 Å². The minimum atomic E-state index is 0.645. The van der Waals surface area contributed by atoms with Gasteiger partial charge in [-0.05, 0) is 6.92 Å². The number of rotatable bonds is 2. The number of hydrogen-bond donors (Lipinski definition) is 1. The Bertz CT molecular complexity index is 666. The smallest absolute Gasteiger partial charge is 0.204 e.